The molecule has 2 aromatic carbocycles. The summed E-state index contributed by atoms with van der Waals surface area (Å²) in [4.78, 5) is 18.6. The molecule has 186 valence electrons. The number of hydrogen-bond acceptors (Lipinski definition) is 6. The fraction of sp³-hybridized carbons (Fsp3) is 0.308. The second kappa shape index (κ2) is 11.3. The molecule has 0 atom stereocenters. The predicted octanol–water partition coefficient (Wildman–Crippen LogP) is 5.01. The van der Waals surface area contributed by atoms with Gasteiger partial charge in [-0.2, -0.15) is 13.2 Å². The van der Waals surface area contributed by atoms with Gasteiger partial charge in [-0.25, -0.2) is 9.78 Å². The van der Waals surface area contributed by atoms with Crippen LogP contribution >= 0.6 is 0 Å². The average Bonchev–Trinajstić information content (AvgIpc) is 2.84. The van der Waals surface area contributed by atoms with Crippen molar-refractivity contribution in [1.29, 1.82) is 0 Å². The van der Waals surface area contributed by atoms with Crippen molar-refractivity contribution in [2.24, 2.45) is 5.73 Å². The van der Waals surface area contributed by atoms with E-state index in [1.54, 1.807) is 6.07 Å². The molecule has 0 aliphatic rings. The van der Waals surface area contributed by atoms with E-state index >= 15 is 0 Å². The molecule has 0 spiro atoms. The highest BCUT2D eigenvalue weighted by Crippen LogP contribution is 2.40. The summed E-state index contributed by atoms with van der Waals surface area (Å²) in [5.41, 5.74) is 7.98. The van der Waals surface area contributed by atoms with Crippen molar-refractivity contribution in [3.05, 3.63) is 71.4 Å². The maximum absolute atomic E-state index is 13.7. The maximum Gasteiger partial charge on any atom is 0.419 e. The lowest BCUT2D eigenvalue weighted by Gasteiger charge is -2.18. The summed E-state index contributed by atoms with van der Waals surface area (Å²) in [7, 11) is 4.99. The number of alkyl halides is 3. The molecule has 0 radical (unpaired) electrons. The Morgan fingerprint density at radius 3 is 2.46 bits per heavy atom. The molecule has 1 aromatic heterocycles. The van der Waals surface area contributed by atoms with E-state index in [2.05, 4.69) is 4.98 Å². The molecule has 9 heteroatoms. The third kappa shape index (κ3) is 6.37. The molecule has 0 saturated carbocycles. The van der Waals surface area contributed by atoms with Crippen LogP contribution < -0.4 is 10.5 Å². The first-order valence-corrected chi connectivity index (χ1v) is 11.0. The van der Waals surface area contributed by atoms with Crippen LogP contribution in [-0.2, 0) is 17.5 Å². The van der Waals surface area contributed by atoms with Crippen molar-refractivity contribution in [1.82, 2.24) is 9.88 Å². The quantitative estimate of drug-likeness (QED) is 0.338. The molecule has 3 rings (SSSR count). The molecule has 0 aliphatic heterocycles. The van der Waals surface area contributed by atoms with E-state index in [4.69, 9.17) is 15.2 Å². The number of nitrogens with two attached hydrogens (primary N) is 1. The van der Waals surface area contributed by atoms with Gasteiger partial charge < -0.3 is 20.1 Å². The number of nitrogens with zero attached hydrogens (tertiary/aromatic N) is 2. The summed E-state index contributed by atoms with van der Waals surface area (Å²) in [6, 6.07) is 14.2. The standard InChI is InChI=1S/C26H28F3N3O3/c1-32(2)13-6-14-35-23-15-17(9-11-21(23)26(27,28)29)24-20(10-12-22(31-24)25(33)34-3)19-8-5-4-7-18(19)16-30/h4-5,7-12,15H,6,13-14,16,30H2,1-3H3. The monoisotopic (exact) mass is 487 g/mol. The molecular weight excluding hydrogens is 459 g/mol. The number of carbonyl (C=O) groups excluding carboxylic acids is 1. The van der Waals surface area contributed by atoms with E-state index in [1.807, 2.05) is 43.3 Å². The molecule has 0 unspecified atom stereocenters. The highest BCUT2D eigenvalue weighted by Gasteiger charge is 2.34. The Labute approximate surface area is 202 Å². The van der Waals surface area contributed by atoms with Gasteiger partial charge in [0.15, 0.2) is 0 Å². The van der Waals surface area contributed by atoms with Gasteiger partial charge in [0.05, 0.1) is 25.0 Å². The fourth-order valence-corrected chi connectivity index (χ4v) is 3.66. The Hall–Kier alpha value is -3.43. The van der Waals surface area contributed by atoms with Crippen LogP contribution in [0.4, 0.5) is 13.2 Å². The summed E-state index contributed by atoms with van der Waals surface area (Å²) in [5, 5.41) is 0. The molecule has 1 heterocycles. The van der Waals surface area contributed by atoms with Crippen molar-refractivity contribution in [2.75, 3.05) is 34.4 Å². The maximum atomic E-state index is 13.7. The number of methoxy groups -OCH3 is 1. The number of hydrogen-bond donors (Lipinski definition) is 1. The normalized spacial score (nSPS) is 11.5. The molecule has 3 aromatic rings. The van der Waals surface area contributed by atoms with Gasteiger partial charge in [-0.3, -0.25) is 0 Å². The zero-order chi connectivity index (χ0) is 25.6. The van der Waals surface area contributed by atoms with Crippen LogP contribution in [0, 0.1) is 0 Å². The third-order valence-electron chi connectivity index (χ3n) is 5.38. The summed E-state index contributed by atoms with van der Waals surface area (Å²) in [6.45, 7) is 1.04. The van der Waals surface area contributed by atoms with Gasteiger partial charge in [0.2, 0.25) is 0 Å². The molecule has 6 nitrogen and oxygen atoms in total. The highest BCUT2D eigenvalue weighted by molar-refractivity contribution is 5.91. The van der Waals surface area contributed by atoms with E-state index in [1.165, 1.54) is 25.3 Å². The first-order valence-electron chi connectivity index (χ1n) is 11.0. The zero-order valence-electron chi connectivity index (χ0n) is 19.9. The number of ether oxygens (including phenoxy) is 2. The minimum absolute atomic E-state index is 0.0322. The predicted molar refractivity (Wildman–Crippen MR) is 128 cm³/mol. The van der Waals surface area contributed by atoms with E-state index < -0.39 is 17.7 Å². The SMILES string of the molecule is COC(=O)c1ccc(-c2ccccc2CN)c(-c2ccc(C(F)(F)F)c(OCCCN(C)C)c2)n1. The van der Waals surface area contributed by atoms with E-state index in [0.29, 0.717) is 29.8 Å². The third-order valence-corrected chi connectivity index (χ3v) is 5.38. The van der Waals surface area contributed by atoms with E-state index in [9.17, 15) is 18.0 Å². The summed E-state index contributed by atoms with van der Waals surface area (Å²) < 4.78 is 51.5. The van der Waals surface area contributed by atoms with E-state index in [-0.39, 0.29) is 24.6 Å². The zero-order valence-corrected chi connectivity index (χ0v) is 19.9. The van der Waals surface area contributed by atoms with Crippen LogP contribution in [0.25, 0.3) is 22.4 Å². The highest BCUT2D eigenvalue weighted by atomic mass is 19.4. The lowest BCUT2D eigenvalue weighted by Crippen LogP contribution is -2.16. The van der Waals surface area contributed by atoms with Crippen molar-refractivity contribution in [3.8, 4) is 28.1 Å². The van der Waals surface area contributed by atoms with Gasteiger partial charge in [-0.1, -0.05) is 30.3 Å². The molecule has 0 amide bonds. The summed E-state index contributed by atoms with van der Waals surface area (Å²) >= 11 is 0. The minimum Gasteiger partial charge on any atom is -0.493 e. The van der Waals surface area contributed by atoms with Crippen LogP contribution in [0.2, 0.25) is 0 Å². The van der Waals surface area contributed by atoms with Crippen LogP contribution in [0.5, 0.6) is 5.75 Å². The molecule has 0 aliphatic carbocycles. The number of pyridine rings is 1. The van der Waals surface area contributed by atoms with Crippen molar-refractivity contribution in [2.45, 2.75) is 19.1 Å². The van der Waals surface area contributed by atoms with Crippen LogP contribution in [0.1, 0.15) is 28.0 Å². The fourth-order valence-electron chi connectivity index (χ4n) is 3.66. The first-order chi connectivity index (χ1) is 16.7. The number of rotatable bonds is 9. The Bertz CT molecular complexity index is 1180. The Morgan fingerprint density at radius 1 is 1.06 bits per heavy atom. The lowest BCUT2D eigenvalue weighted by atomic mass is 9.94. The average molecular weight is 488 g/mol. The van der Waals surface area contributed by atoms with Gasteiger partial charge in [-0.05, 0) is 55.9 Å². The molecular formula is C26H28F3N3O3. The van der Waals surface area contributed by atoms with Gasteiger partial charge in [0, 0.05) is 24.2 Å². The van der Waals surface area contributed by atoms with Crippen LogP contribution in [-0.4, -0.2) is 50.2 Å². The number of esters is 1. The van der Waals surface area contributed by atoms with Crippen molar-refractivity contribution < 1.29 is 27.4 Å². The smallest absolute Gasteiger partial charge is 0.419 e. The molecule has 0 saturated heterocycles. The van der Waals surface area contributed by atoms with Gasteiger partial charge in [0.25, 0.3) is 0 Å². The van der Waals surface area contributed by atoms with Crippen LogP contribution in [0.15, 0.2) is 54.6 Å². The largest absolute Gasteiger partial charge is 0.493 e. The Morgan fingerprint density at radius 2 is 1.80 bits per heavy atom. The number of halogens is 3. The molecule has 2 N–H and O–H groups in total. The summed E-state index contributed by atoms with van der Waals surface area (Å²) in [5.74, 6) is -0.950. The van der Waals surface area contributed by atoms with Gasteiger partial charge >= 0.3 is 12.1 Å². The topological polar surface area (TPSA) is 77.7 Å². The first kappa shape index (κ1) is 26.2. The van der Waals surface area contributed by atoms with E-state index in [0.717, 1.165) is 17.2 Å². The number of aromatic nitrogens is 1. The van der Waals surface area contributed by atoms with Gasteiger partial charge in [-0.15, -0.1) is 0 Å². The summed E-state index contributed by atoms with van der Waals surface area (Å²) in [6.07, 6.45) is -4.04. The van der Waals surface area contributed by atoms with Crippen molar-refractivity contribution >= 4 is 5.97 Å². The molecule has 0 fully saturated rings. The minimum atomic E-state index is -4.59. The Balaban J connectivity index is 2.15. The second-order valence-electron chi connectivity index (χ2n) is 8.16. The lowest BCUT2D eigenvalue weighted by molar-refractivity contribution is -0.138. The Kier molecular flexibility index (Phi) is 8.48. The van der Waals surface area contributed by atoms with Crippen LogP contribution in [0.3, 0.4) is 0 Å². The second-order valence-corrected chi connectivity index (χ2v) is 8.16. The molecule has 0 bridgehead atoms. The van der Waals surface area contributed by atoms with Gasteiger partial charge in [0.1, 0.15) is 11.4 Å². The number of benzene rings is 2. The van der Waals surface area contributed by atoms with Crippen molar-refractivity contribution in [3.63, 3.8) is 0 Å². The molecule has 35 heavy (non-hydrogen) atoms. The number of carbonyl (C=O) groups is 1.